The Hall–Kier alpha value is -3.19. The number of methoxy groups -OCH3 is 1. The Morgan fingerprint density at radius 3 is 2.15 bits per heavy atom. The fourth-order valence-electron chi connectivity index (χ4n) is 7.47. The molecule has 3 aromatic rings. The number of carboxylic acid groups (broad SMARTS) is 1. The van der Waals surface area contributed by atoms with Crippen molar-refractivity contribution in [3.8, 4) is 5.75 Å². The molecule has 6 heteroatoms. The summed E-state index contributed by atoms with van der Waals surface area (Å²) in [5.74, 6) is -0.0197. The van der Waals surface area contributed by atoms with E-state index in [1.165, 1.54) is 11.1 Å². The maximum Gasteiger partial charge on any atom is 0.307 e. The van der Waals surface area contributed by atoms with E-state index in [0.717, 1.165) is 37.0 Å². The molecule has 0 unspecified atom stereocenters. The van der Waals surface area contributed by atoms with Crippen LogP contribution in [0.25, 0.3) is 0 Å². The predicted molar refractivity (Wildman–Crippen MR) is 153 cm³/mol. The summed E-state index contributed by atoms with van der Waals surface area (Å²) in [5.41, 5.74) is 3.40. The molecule has 1 saturated carbocycles. The van der Waals surface area contributed by atoms with Gasteiger partial charge in [0.25, 0.3) is 0 Å². The second kappa shape index (κ2) is 11.7. The van der Waals surface area contributed by atoms with Crippen molar-refractivity contribution in [1.82, 2.24) is 4.90 Å². The van der Waals surface area contributed by atoms with Crippen LogP contribution in [0, 0.1) is 11.8 Å². The van der Waals surface area contributed by atoms with Crippen molar-refractivity contribution in [3.63, 3.8) is 0 Å². The van der Waals surface area contributed by atoms with E-state index in [4.69, 9.17) is 14.2 Å². The van der Waals surface area contributed by atoms with Gasteiger partial charge in [0.1, 0.15) is 5.75 Å². The van der Waals surface area contributed by atoms with E-state index >= 15 is 0 Å². The molecule has 1 N–H and O–H groups in total. The van der Waals surface area contributed by atoms with Gasteiger partial charge in [-0.25, -0.2) is 0 Å². The van der Waals surface area contributed by atoms with Gasteiger partial charge in [-0.2, -0.15) is 0 Å². The summed E-state index contributed by atoms with van der Waals surface area (Å²) < 4.78 is 18.9. The molecule has 2 aliphatic heterocycles. The van der Waals surface area contributed by atoms with Crippen LogP contribution in [0.3, 0.4) is 0 Å². The third-order valence-electron chi connectivity index (χ3n) is 9.39. The monoisotopic (exact) mass is 541 g/mol. The summed E-state index contributed by atoms with van der Waals surface area (Å²) in [5, 5.41) is 10.1. The number of aliphatic carboxylic acids is 1. The van der Waals surface area contributed by atoms with Gasteiger partial charge in [0.2, 0.25) is 0 Å². The fourth-order valence-corrected chi connectivity index (χ4v) is 7.47. The van der Waals surface area contributed by atoms with Crippen molar-refractivity contribution >= 4 is 5.97 Å². The SMILES string of the molecule is COc1ccc(C[C@@H]2[C@@H](OCc3ccccc3)[C@H]3C[C@@]4(CC[C@@H]3OCc3ccccc3)C[C@@H](C(=O)O)CN24)cc1. The van der Waals surface area contributed by atoms with Gasteiger partial charge in [0, 0.05) is 24.0 Å². The molecule has 6 rings (SSSR count). The van der Waals surface area contributed by atoms with Crippen molar-refractivity contribution in [3.05, 3.63) is 102 Å². The van der Waals surface area contributed by atoms with Crippen molar-refractivity contribution in [2.75, 3.05) is 13.7 Å². The second-order valence-corrected chi connectivity index (χ2v) is 11.7. The molecule has 210 valence electrons. The van der Waals surface area contributed by atoms with Crippen LogP contribution in [0.5, 0.6) is 5.75 Å². The average molecular weight is 542 g/mol. The highest BCUT2D eigenvalue weighted by molar-refractivity contribution is 5.71. The topological polar surface area (TPSA) is 68.2 Å². The lowest BCUT2D eigenvalue weighted by Gasteiger charge is -2.58. The van der Waals surface area contributed by atoms with Crippen LogP contribution in [-0.4, -0.2) is 53.4 Å². The number of rotatable bonds is 10. The zero-order valence-electron chi connectivity index (χ0n) is 23.2. The van der Waals surface area contributed by atoms with Gasteiger partial charge in [-0.05, 0) is 60.9 Å². The minimum atomic E-state index is -0.687. The fraction of sp³-hybridized carbons (Fsp3) is 0.441. The van der Waals surface area contributed by atoms with Crippen LogP contribution in [0.4, 0.5) is 0 Å². The van der Waals surface area contributed by atoms with Crippen LogP contribution < -0.4 is 4.74 Å². The van der Waals surface area contributed by atoms with E-state index < -0.39 is 5.97 Å². The Morgan fingerprint density at radius 2 is 1.52 bits per heavy atom. The maximum atomic E-state index is 12.3. The van der Waals surface area contributed by atoms with E-state index in [9.17, 15) is 9.90 Å². The van der Waals surface area contributed by atoms with E-state index in [1.807, 2.05) is 48.5 Å². The standard InChI is InChI=1S/C34H39NO5/c1-38-28-14-12-24(13-15-28)18-30-32(40-23-26-10-6-3-7-11-26)29-20-34(19-27(33(36)37)21-35(30)34)17-16-31(29)39-22-25-8-4-2-5-9-25/h2-15,27,29-32H,16-23H2,1H3,(H,36,37)/t27-,29+,30-,31+,32+,34-/m1/s1. The largest absolute Gasteiger partial charge is 0.497 e. The lowest BCUT2D eigenvalue weighted by molar-refractivity contribution is -0.184. The minimum Gasteiger partial charge on any atom is -0.497 e. The molecule has 1 spiro atoms. The van der Waals surface area contributed by atoms with Gasteiger partial charge in [-0.3, -0.25) is 9.69 Å². The third kappa shape index (κ3) is 5.53. The van der Waals surface area contributed by atoms with E-state index in [0.29, 0.717) is 26.2 Å². The average Bonchev–Trinajstić information content (AvgIpc) is 3.37. The smallest absolute Gasteiger partial charge is 0.307 e. The minimum absolute atomic E-state index is 0.0586. The first-order valence-corrected chi connectivity index (χ1v) is 14.5. The first kappa shape index (κ1) is 27.0. The summed E-state index contributed by atoms with van der Waals surface area (Å²) >= 11 is 0. The van der Waals surface area contributed by atoms with Gasteiger partial charge in [0.05, 0.1) is 38.4 Å². The molecule has 0 aromatic heterocycles. The summed E-state index contributed by atoms with van der Waals surface area (Å²) in [6.45, 7) is 1.67. The molecule has 2 heterocycles. The Labute approximate surface area is 236 Å². The summed E-state index contributed by atoms with van der Waals surface area (Å²) in [4.78, 5) is 14.8. The van der Waals surface area contributed by atoms with E-state index in [2.05, 4.69) is 41.3 Å². The number of carboxylic acids is 1. The van der Waals surface area contributed by atoms with Gasteiger partial charge in [-0.1, -0.05) is 72.8 Å². The molecule has 0 radical (unpaired) electrons. The first-order chi connectivity index (χ1) is 19.5. The van der Waals surface area contributed by atoms with Gasteiger partial charge < -0.3 is 19.3 Å². The molecule has 6 nitrogen and oxygen atoms in total. The van der Waals surface area contributed by atoms with Crippen molar-refractivity contribution < 1.29 is 24.1 Å². The van der Waals surface area contributed by atoms with Crippen LogP contribution in [0.1, 0.15) is 42.4 Å². The van der Waals surface area contributed by atoms with Gasteiger partial charge in [-0.15, -0.1) is 0 Å². The van der Waals surface area contributed by atoms with E-state index in [1.54, 1.807) is 7.11 Å². The molecule has 40 heavy (non-hydrogen) atoms. The number of ether oxygens (including phenoxy) is 3. The van der Waals surface area contributed by atoms with Crippen molar-refractivity contribution in [1.29, 1.82) is 0 Å². The summed E-state index contributed by atoms with van der Waals surface area (Å²) in [7, 11) is 1.68. The van der Waals surface area contributed by atoms with Crippen LogP contribution in [0.2, 0.25) is 0 Å². The van der Waals surface area contributed by atoms with Crippen LogP contribution >= 0.6 is 0 Å². The Morgan fingerprint density at radius 1 is 0.875 bits per heavy atom. The molecular weight excluding hydrogens is 502 g/mol. The van der Waals surface area contributed by atoms with Crippen molar-refractivity contribution in [2.45, 2.75) is 69.1 Å². The molecular formula is C34H39NO5. The number of carbonyl (C=O) groups is 1. The highest BCUT2D eigenvalue weighted by Gasteiger charge is 2.60. The van der Waals surface area contributed by atoms with Gasteiger partial charge >= 0.3 is 5.97 Å². The highest BCUT2D eigenvalue weighted by atomic mass is 16.5. The molecule has 1 aliphatic carbocycles. The predicted octanol–water partition coefficient (Wildman–Crippen LogP) is 5.74. The first-order valence-electron chi connectivity index (χ1n) is 14.5. The van der Waals surface area contributed by atoms with Crippen molar-refractivity contribution in [2.24, 2.45) is 11.8 Å². The molecule has 0 amide bonds. The van der Waals surface area contributed by atoms with Crippen LogP contribution in [0.15, 0.2) is 84.9 Å². The zero-order chi connectivity index (χ0) is 27.5. The number of piperidine rings is 1. The normalized spacial score (nSPS) is 29.6. The molecule has 6 atom stereocenters. The number of hydrogen-bond acceptors (Lipinski definition) is 5. The highest BCUT2D eigenvalue weighted by Crippen LogP contribution is 2.54. The third-order valence-corrected chi connectivity index (χ3v) is 9.39. The summed E-state index contributed by atoms with van der Waals surface area (Å²) in [6, 6.07) is 29.0. The summed E-state index contributed by atoms with van der Waals surface area (Å²) in [6.07, 6.45) is 4.26. The Kier molecular flexibility index (Phi) is 7.92. The lowest BCUT2D eigenvalue weighted by Crippen LogP contribution is -2.67. The Bertz CT molecular complexity index is 1270. The molecule has 2 saturated heterocycles. The quantitative estimate of drug-likeness (QED) is 0.353. The number of nitrogens with zero attached hydrogens (tertiary/aromatic N) is 1. The molecule has 2 bridgehead atoms. The molecule has 3 aromatic carbocycles. The number of hydrogen-bond donors (Lipinski definition) is 1. The lowest BCUT2D eigenvalue weighted by atomic mass is 9.64. The Balaban J connectivity index is 1.33. The maximum absolute atomic E-state index is 12.3. The number of benzene rings is 3. The van der Waals surface area contributed by atoms with Crippen LogP contribution in [-0.2, 0) is 33.9 Å². The second-order valence-electron chi connectivity index (χ2n) is 11.7. The zero-order valence-corrected chi connectivity index (χ0v) is 23.2. The van der Waals surface area contributed by atoms with Gasteiger partial charge in [0.15, 0.2) is 0 Å². The molecule has 3 fully saturated rings. The van der Waals surface area contributed by atoms with E-state index in [-0.39, 0.29) is 35.6 Å². The number of fused-ring (bicyclic) bond motifs is 1. The molecule has 3 aliphatic rings.